The van der Waals surface area contributed by atoms with Crippen molar-refractivity contribution in [3.05, 3.63) is 80.3 Å². The predicted molar refractivity (Wildman–Crippen MR) is 152 cm³/mol. The van der Waals surface area contributed by atoms with Gasteiger partial charge in [0.05, 0.1) is 33.4 Å². The molecule has 0 saturated carbocycles. The average Bonchev–Trinajstić information content (AvgIpc) is 3.57. The van der Waals surface area contributed by atoms with Crippen molar-refractivity contribution in [3.63, 3.8) is 0 Å². The summed E-state index contributed by atoms with van der Waals surface area (Å²) in [6, 6.07) is 12.4. The number of carbonyl (C=O) groups is 2. The van der Waals surface area contributed by atoms with Gasteiger partial charge in [-0.3, -0.25) is 14.5 Å². The smallest absolute Gasteiger partial charge is 0.301 e. The van der Waals surface area contributed by atoms with E-state index in [0.29, 0.717) is 32.6 Å². The molecule has 1 saturated heterocycles. The van der Waals surface area contributed by atoms with Gasteiger partial charge in [0.15, 0.2) is 16.6 Å². The van der Waals surface area contributed by atoms with Crippen molar-refractivity contribution < 1.29 is 29.3 Å². The molecule has 0 aliphatic carbocycles. The molecular weight excluding hydrogens is 608 g/mol. The number of anilines is 1. The number of ketones is 1. The molecule has 0 spiro atoms. The van der Waals surface area contributed by atoms with E-state index >= 15 is 0 Å². The first-order valence-electron chi connectivity index (χ1n) is 11.9. The number of fused-ring (bicyclic) bond motifs is 2. The standard InChI is InChI=1S/C28H20BrClN2O6S/c1-12-7-14-8-13(3-6-19(14)38-12)24(33)22-23(15-9-17(29)25(34)20(10-15)37-2)32(27(36)26(22)35)28-31-18-5-4-16(30)11-21(18)39-28/h3-6,8-12,23,33-34H,7H2,1-2H3/b24-22+/t12-,23+/m1/s1. The van der Waals surface area contributed by atoms with Gasteiger partial charge in [0.2, 0.25) is 0 Å². The fourth-order valence-electron chi connectivity index (χ4n) is 4.97. The zero-order chi connectivity index (χ0) is 27.6. The van der Waals surface area contributed by atoms with Gasteiger partial charge in [-0.05, 0) is 82.5 Å². The number of halogens is 2. The number of phenolic OH excluding ortho intramolecular Hbond substituents is 1. The molecule has 0 bridgehead atoms. The summed E-state index contributed by atoms with van der Waals surface area (Å²) in [5.74, 6) is -1.31. The summed E-state index contributed by atoms with van der Waals surface area (Å²) in [6.45, 7) is 1.95. The van der Waals surface area contributed by atoms with Crippen LogP contribution in [0.3, 0.4) is 0 Å². The quantitative estimate of drug-likeness (QED) is 0.154. The van der Waals surface area contributed by atoms with Crippen LogP contribution in [0.15, 0.2) is 58.6 Å². The monoisotopic (exact) mass is 626 g/mol. The maximum absolute atomic E-state index is 13.6. The number of aromatic hydroxyl groups is 1. The van der Waals surface area contributed by atoms with Crippen LogP contribution >= 0.6 is 38.9 Å². The van der Waals surface area contributed by atoms with Crippen molar-refractivity contribution in [3.8, 4) is 17.2 Å². The number of amides is 1. The molecule has 2 atom stereocenters. The molecule has 0 unspecified atom stereocenters. The van der Waals surface area contributed by atoms with Crippen LogP contribution in [-0.4, -0.2) is 40.1 Å². The maximum atomic E-state index is 13.6. The Morgan fingerprint density at radius 3 is 2.77 bits per heavy atom. The van der Waals surface area contributed by atoms with Crippen LogP contribution in [0.1, 0.15) is 29.7 Å². The second-order valence-electron chi connectivity index (χ2n) is 9.29. The van der Waals surface area contributed by atoms with Gasteiger partial charge in [-0.25, -0.2) is 4.98 Å². The highest BCUT2D eigenvalue weighted by Crippen LogP contribution is 2.47. The second-order valence-corrected chi connectivity index (χ2v) is 11.6. The van der Waals surface area contributed by atoms with Crippen molar-refractivity contribution in [1.29, 1.82) is 0 Å². The highest BCUT2D eigenvalue weighted by atomic mass is 79.9. The molecule has 39 heavy (non-hydrogen) atoms. The van der Waals surface area contributed by atoms with Crippen LogP contribution in [0.4, 0.5) is 5.13 Å². The Kier molecular flexibility index (Phi) is 6.28. The molecule has 4 aromatic rings. The number of phenols is 1. The third-order valence-electron chi connectivity index (χ3n) is 6.75. The van der Waals surface area contributed by atoms with Crippen molar-refractivity contribution in [2.45, 2.75) is 25.5 Å². The molecule has 6 rings (SSSR count). The lowest BCUT2D eigenvalue weighted by molar-refractivity contribution is -0.132. The first-order valence-corrected chi connectivity index (χ1v) is 13.9. The van der Waals surface area contributed by atoms with Crippen LogP contribution in [-0.2, 0) is 16.0 Å². The molecule has 11 heteroatoms. The number of Topliss-reactive ketones (excluding diaryl/α,β-unsaturated/α-hetero) is 1. The zero-order valence-corrected chi connectivity index (χ0v) is 23.7. The van der Waals surface area contributed by atoms with Crippen LogP contribution < -0.4 is 14.4 Å². The summed E-state index contributed by atoms with van der Waals surface area (Å²) in [4.78, 5) is 33.0. The van der Waals surface area contributed by atoms with Crippen LogP contribution in [0.25, 0.3) is 16.0 Å². The van der Waals surface area contributed by atoms with Gasteiger partial charge in [0.25, 0.3) is 5.78 Å². The molecule has 1 fully saturated rings. The highest BCUT2D eigenvalue weighted by molar-refractivity contribution is 9.10. The highest BCUT2D eigenvalue weighted by Gasteiger charge is 2.48. The van der Waals surface area contributed by atoms with Gasteiger partial charge in [0, 0.05) is 17.0 Å². The Labute approximate surface area is 240 Å². The Hall–Kier alpha value is -3.60. The predicted octanol–water partition coefficient (Wildman–Crippen LogP) is 6.38. The summed E-state index contributed by atoms with van der Waals surface area (Å²) in [6.07, 6.45) is 0.655. The topological polar surface area (TPSA) is 109 Å². The molecule has 1 amide bonds. The van der Waals surface area contributed by atoms with Gasteiger partial charge in [-0.15, -0.1) is 0 Å². The molecule has 8 nitrogen and oxygen atoms in total. The molecule has 198 valence electrons. The molecule has 1 aromatic heterocycles. The lowest BCUT2D eigenvalue weighted by Gasteiger charge is -2.24. The Bertz CT molecular complexity index is 1730. The molecule has 2 aliphatic rings. The first kappa shape index (κ1) is 25.7. The fourth-order valence-corrected chi connectivity index (χ4v) is 6.69. The number of hydrogen-bond donors (Lipinski definition) is 2. The van der Waals surface area contributed by atoms with E-state index in [-0.39, 0.29) is 34.1 Å². The summed E-state index contributed by atoms with van der Waals surface area (Å²) in [7, 11) is 1.40. The summed E-state index contributed by atoms with van der Waals surface area (Å²) >= 11 is 10.7. The Morgan fingerprint density at radius 2 is 2.00 bits per heavy atom. The summed E-state index contributed by atoms with van der Waals surface area (Å²) in [5, 5.41) is 22.7. The van der Waals surface area contributed by atoms with Crippen LogP contribution in [0, 0.1) is 0 Å². The minimum Gasteiger partial charge on any atom is -0.507 e. The van der Waals surface area contributed by atoms with Crippen molar-refractivity contribution in [2.75, 3.05) is 12.0 Å². The SMILES string of the molecule is COc1cc([C@H]2/C(=C(\O)c3ccc4c(c3)C[C@@H](C)O4)C(=O)C(=O)N2c2nc3ccc(Cl)cc3s2)cc(Br)c1O. The lowest BCUT2D eigenvalue weighted by Crippen LogP contribution is -2.29. The van der Waals surface area contributed by atoms with E-state index in [4.69, 9.17) is 21.1 Å². The van der Waals surface area contributed by atoms with E-state index in [1.165, 1.54) is 29.4 Å². The van der Waals surface area contributed by atoms with Gasteiger partial charge in [0.1, 0.15) is 17.6 Å². The number of hydrogen-bond acceptors (Lipinski definition) is 8. The van der Waals surface area contributed by atoms with E-state index in [2.05, 4.69) is 20.9 Å². The summed E-state index contributed by atoms with van der Waals surface area (Å²) in [5.41, 5.74) is 2.21. The van der Waals surface area contributed by atoms with Crippen molar-refractivity contribution in [1.82, 2.24) is 4.98 Å². The van der Waals surface area contributed by atoms with Gasteiger partial charge >= 0.3 is 5.91 Å². The van der Waals surface area contributed by atoms with Crippen LogP contribution in [0.5, 0.6) is 17.2 Å². The number of nitrogens with zero attached hydrogens (tertiary/aromatic N) is 2. The molecule has 3 aromatic carbocycles. The fraction of sp³-hybridized carbons (Fsp3) is 0.179. The summed E-state index contributed by atoms with van der Waals surface area (Å²) < 4.78 is 12.1. The van der Waals surface area contributed by atoms with E-state index in [1.807, 2.05) is 6.92 Å². The van der Waals surface area contributed by atoms with Crippen molar-refractivity contribution >= 4 is 71.7 Å². The van der Waals surface area contributed by atoms with Gasteiger partial charge in [-0.2, -0.15) is 0 Å². The number of aromatic nitrogens is 1. The van der Waals surface area contributed by atoms with E-state index in [0.717, 1.165) is 16.0 Å². The number of ether oxygens (including phenoxy) is 2. The minimum atomic E-state index is -1.06. The van der Waals surface area contributed by atoms with Crippen molar-refractivity contribution in [2.24, 2.45) is 0 Å². The number of carbonyl (C=O) groups excluding carboxylic acids is 2. The molecule has 2 aliphatic heterocycles. The number of benzene rings is 3. The van der Waals surface area contributed by atoms with E-state index in [1.54, 1.807) is 42.5 Å². The van der Waals surface area contributed by atoms with Crippen LogP contribution in [0.2, 0.25) is 5.02 Å². The minimum absolute atomic E-state index is 0.00248. The number of methoxy groups -OCH3 is 1. The first-order chi connectivity index (χ1) is 18.7. The zero-order valence-electron chi connectivity index (χ0n) is 20.6. The molecule has 2 N–H and O–H groups in total. The molecular formula is C28H20BrClN2O6S. The number of thiazole rings is 1. The number of rotatable bonds is 4. The van der Waals surface area contributed by atoms with E-state index in [9.17, 15) is 19.8 Å². The van der Waals surface area contributed by atoms with Gasteiger partial charge in [-0.1, -0.05) is 22.9 Å². The molecule has 3 heterocycles. The van der Waals surface area contributed by atoms with E-state index < -0.39 is 17.7 Å². The number of aliphatic hydroxyl groups is 1. The largest absolute Gasteiger partial charge is 0.507 e. The second kappa shape index (κ2) is 9.55. The third kappa shape index (κ3) is 4.23. The Morgan fingerprint density at radius 1 is 1.21 bits per heavy atom. The maximum Gasteiger partial charge on any atom is 0.301 e. The third-order valence-corrected chi connectivity index (χ3v) is 8.60. The Balaban J connectivity index is 1.57. The van der Waals surface area contributed by atoms with Gasteiger partial charge < -0.3 is 19.7 Å². The normalized spacial score (nSPS) is 19.9. The lowest BCUT2D eigenvalue weighted by atomic mass is 9.94. The average molecular weight is 628 g/mol. The molecule has 0 radical (unpaired) electrons. The number of aliphatic hydroxyl groups excluding tert-OH is 1.